The Balaban J connectivity index is 2.29. The molecule has 6 nitrogen and oxygen atoms in total. The molecule has 1 aromatic carbocycles. The molecule has 0 fully saturated rings. The Labute approximate surface area is 132 Å². The summed E-state index contributed by atoms with van der Waals surface area (Å²) in [5, 5.41) is 13.2. The molecule has 0 saturated carbocycles. The van der Waals surface area contributed by atoms with Crippen LogP contribution in [0.25, 0.3) is 0 Å². The molecule has 1 aromatic heterocycles. The van der Waals surface area contributed by atoms with Gasteiger partial charge in [-0.3, -0.25) is 14.9 Å². The summed E-state index contributed by atoms with van der Waals surface area (Å²) < 4.78 is 0.948. The Morgan fingerprint density at radius 2 is 2.15 bits per heavy atom. The Morgan fingerprint density at radius 3 is 2.80 bits per heavy atom. The second-order valence-corrected chi connectivity index (χ2v) is 5.36. The van der Waals surface area contributed by atoms with Crippen molar-refractivity contribution in [1.29, 1.82) is 0 Å². The number of pyridine rings is 1. The summed E-state index contributed by atoms with van der Waals surface area (Å²) in [6.45, 7) is 0. The SMILES string of the molecule is O=C(Nc1cccc(I)c1)c1cc([N+](=O)[O-])cnc1Cl. The number of carbonyl (C=O) groups is 1. The van der Waals surface area contributed by atoms with Gasteiger partial charge < -0.3 is 5.32 Å². The predicted molar refractivity (Wildman–Crippen MR) is 83.0 cm³/mol. The fraction of sp³-hybridized carbons (Fsp3) is 0. The zero-order chi connectivity index (χ0) is 14.7. The van der Waals surface area contributed by atoms with Gasteiger partial charge in [-0.05, 0) is 40.8 Å². The topological polar surface area (TPSA) is 85.1 Å². The van der Waals surface area contributed by atoms with E-state index in [2.05, 4.69) is 32.9 Å². The maximum atomic E-state index is 12.1. The van der Waals surface area contributed by atoms with E-state index in [1.54, 1.807) is 18.2 Å². The van der Waals surface area contributed by atoms with Crippen molar-refractivity contribution >= 4 is 51.5 Å². The van der Waals surface area contributed by atoms with Gasteiger partial charge >= 0.3 is 0 Å². The lowest BCUT2D eigenvalue weighted by molar-refractivity contribution is -0.385. The maximum absolute atomic E-state index is 12.1. The first kappa shape index (κ1) is 14.7. The molecule has 2 aromatic rings. The highest BCUT2D eigenvalue weighted by molar-refractivity contribution is 14.1. The van der Waals surface area contributed by atoms with Crippen LogP contribution in [0.3, 0.4) is 0 Å². The first-order valence-corrected chi connectivity index (χ1v) is 6.80. The van der Waals surface area contributed by atoms with Gasteiger partial charge in [0, 0.05) is 15.3 Å². The van der Waals surface area contributed by atoms with E-state index in [9.17, 15) is 14.9 Å². The van der Waals surface area contributed by atoms with Gasteiger partial charge in [-0.2, -0.15) is 0 Å². The molecule has 1 N–H and O–H groups in total. The zero-order valence-electron chi connectivity index (χ0n) is 9.84. The second kappa shape index (κ2) is 6.14. The lowest BCUT2D eigenvalue weighted by Crippen LogP contribution is -2.13. The molecule has 8 heteroatoms. The first-order valence-electron chi connectivity index (χ1n) is 5.34. The highest BCUT2D eigenvalue weighted by Gasteiger charge is 2.17. The quantitative estimate of drug-likeness (QED) is 0.368. The number of nitrogens with zero attached hydrogens (tertiary/aromatic N) is 2. The van der Waals surface area contributed by atoms with E-state index >= 15 is 0 Å². The number of rotatable bonds is 3. The normalized spacial score (nSPS) is 10.1. The summed E-state index contributed by atoms with van der Waals surface area (Å²) >= 11 is 7.91. The van der Waals surface area contributed by atoms with E-state index in [-0.39, 0.29) is 16.4 Å². The van der Waals surface area contributed by atoms with E-state index in [0.29, 0.717) is 5.69 Å². The van der Waals surface area contributed by atoms with Crippen LogP contribution in [0.15, 0.2) is 36.5 Å². The van der Waals surface area contributed by atoms with Crippen molar-refractivity contribution in [2.75, 3.05) is 5.32 Å². The van der Waals surface area contributed by atoms with Crippen molar-refractivity contribution in [2.45, 2.75) is 0 Å². The molecule has 0 unspecified atom stereocenters. The Kier molecular flexibility index (Phi) is 4.50. The Bertz CT molecular complexity index is 693. The highest BCUT2D eigenvalue weighted by atomic mass is 127. The van der Waals surface area contributed by atoms with Crippen molar-refractivity contribution in [1.82, 2.24) is 4.98 Å². The summed E-state index contributed by atoms with van der Waals surface area (Å²) in [5.41, 5.74) is 0.242. The first-order chi connectivity index (χ1) is 9.47. The van der Waals surface area contributed by atoms with Gasteiger partial charge in [-0.25, -0.2) is 4.98 Å². The van der Waals surface area contributed by atoms with E-state index in [1.165, 1.54) is 0 Å². The third-order valence-electron chi connectivity index (χ3n) is 2.36. The molecular weight excluding hydrogens is 397 g/mol. The van der Waals surface area contributed by atoms with E-state index in [0.717, 1.165) is 15.8 Å². The van der Waals surface area contributed by atoms with Crippen LogP contribution in [0.4, 0.5) is 11.4 Å². The summed E-state index contributed by atoms with van der Waals surface area (Å²) in [7, 11) is 0. The van der Waals surface area contributed by atoms with Crippen molar-refractivity contribution in [2.24, 2.45) is 0 Å². The zero-order valence-corrected chi connectivity index (χ0v) is 12.8. The minimum atomic E-state index is -0.633. The molecule has 0 aliphatic rings. The molecule has 20 heavy (non-hydrogen) atoms. The van der Waals surface area contributed by atoms with Gasteiger partial charge in [0.25, 0.3) is 11.6 Å². The molecule has 0 saturated heterocycles. The number of aromatic nitrogens is 1. The van der Waals surface area contributed by atoms with Gasteiger partial charge in [0.15, 0.2) is 0 Å². The average Bonchev–Trinajstić information content (AvgIpc) is 2.38. The molecule has 0 radical (unpaired) electrons. The third kappa shape index (κ3) is 3.42. The van der Waals surface area contributed by atoms with Crippen molar-refractivity contribution < 1.29 is 9.72 Å². The predicted octanol–water partition coefficient (Wildman–Crippen LogP) is 3.50. The fourth-order valence-corrected chi connectivity index (χ4v) is 2.19. The molecular formula is C12H7ClIN3O3. The van der Waals surface area contributed by atoms with Crippen LogP contribution < -0.4 is 5.32 Å². The summed E-state index contributed by atoms with van der Waals surface area (Å²) in [4.78, 5) is 25.7. The lowest BCUT2D eigenvalue weighted by atomic mass is 10.2. The monoisotopic (exact) mass is 403 g/mol. The minimum absolute atomic E-state index is 0.0419. The summed E-state index contributed by atoms with van der Waals surface area (Å²) in [6, 6.07) is 8.22. The number of halogens is 2. The number of benzene rings is 1. The number of hydrogen-bond acceptors (Lipinski definition) is 4. The molecule has 0 aliphatic carbocycles. The van der Waals surface area contributed by atoms with Crippen LogP contribution in [0, 0.1) is 13.7 Å². The van der Waals surface area contributed by atoms with Crippen LogP contribution in [0.2, 0.25) is 5.15 Å². The van der Waals surface area contributed by atoms with Crippen LogP contribution in [0.5, 0.6) is 0 Å². The minimum Gasteiger partial charge on any atom is -0.322 e. The molecule has 0 atom stereocenters. The second-order valence-electron chi connectivity index (χ2n) is 3.75. The van der Waals surface area contributed by atoms with Crippen LogP contribution >= 0.6 is 34.2 Å². The van der Waals surface area contributed by atoms with Gasteiger partial charge in [0.1, 0.15) is 11.3 Å². The molecule has 0 spiro atoms. The van der Waals surface area contributed by atoms with Gasteiger partial charge in [-0.15, -0.1) is 0 Å². The van der Waals surface area contributed by atoms with Crippen molar-refractivity contribution in [3.8, 4) is 0 Å². The van der Waals surface area contributed by atoms with Gasteiger partial charge in [0.2, 0.25) is 0 Å². The molecule has 1 amide bonds. The fourth-order valence-electron chi connectivity index (χ4n) is 1.46. The molecule has 2 rings (SSSR count). The van der Waals surface area contributed by atoms with Gasteiger partial charge in [-0.1, -0.05) is 17.7 Å². The molecule has 0 bridgehead atoms. The van der Waals surface area contributed by atoms with Gasteiger partial charge in [0.05, 0.1) is 10.5 Å². The third-order valence-corrected chi connectivity index (χ3v) is 3.33. The van der Waals surface area contributed by atoms with Crippen molar-refractivity contribution in [3.63, 3.8) is 0 Å². The number of anilines is 1. The number of carbonyl (C=O) groups excluding carboxylic acids is 1. The molecule has 102 valence electrons. The number of amides is 1. The Hall–Kier alpha value is -1.74. The largest absolute Gasteiger partial charge is 0.322 e. The van der Waals surface area contributed by atoms with Crippen LogP contribution in [-0.2, 0) is 0 Å². The number of nitrogens with one attached hydrogen (secondary N) is 1. The van der Waals surface area contributed by atoms with Crippen LogP contribution in [-0.4, -0.2) is 15.8 Å². The lowest BCUT2D eigenvalue weighted by Gasteiger charge is -2.06. The van der Waals surface area contributed by atoms with E-state index in [1.807, 2.05) is 6.07 Å². The molecule has 0 aliphatic heterocycles. The Morgan fingerprint density at radius 1 is 1.40 bits per heavy atom. The van der Waals surface area contributed by atoms with Crippen molar-refractivity contribution in [3.05, 3.63) is 60.9 Å². The smallest absolute Gasteiger partial charge is 0.288 e. The average molecular weight is 404 g/mol. The standard InChI is InChI=1S/C12H7ClIN3O3/c13-11-10(5-9(6-15-11)17(19)20)12(18)16-8-3-1-2-7(14)4-8/h1-6H,(H,16,18). The van der Waals surface area contributed by atoms with E-state index < -0.39 is 10.8 Å². The highest BCUT2D eigenvalue weighted by Crippen LogP contribution is 2.21. The summed E-state index contributed by atoms with van der Waals surface area (Å²) in [5.74, 6) is -0.548. The maximum Gasteiger partial charge on any atom is 0.288 e. The number of hydrogen-bond donors (Lipinski definition) is 1. The molecule has 1 heterocycles. The van der Waals surface area contributed by atoms with E-state index in [4.69, 9.17) is 11.6 Å². The van der Waals surface area contributed by atoms with Crippen LogP contribution in [0.1, 0.15) is 10.4 Å². The number of nitro groups is 1. The summed E-state index contributed by atoms with van der Waals surface area (Å²) in [6.07, 6.45) is 1.00.